The van der Waals surface area contributed by atoms with E-state index in [1.807, 2.05) is 0 Å². The van der Waals surface area contributed by atoms with E-state index < -0.39 is 12.0 Å². The highest BCUT2D eigenvalue weighted by Crippen LogP contribution is 2.18. The molecule has 7 heteroatoms. The molecule has 0 unspecified atom stereocenters. The zero-order chi connectivity index (χ0) is 13.1. The molecule has 0 bridgehead atoms. The van der Waals surface area contributed by atoms with Crippen molar-refractivity contribution in [3.8, 4) is 0 Å². The molecule has 18 heavy (non-hydrogen) atoms. The number of benzene rings is 1. The number of fused-ring (bicyclic) bond motifs is 1. The predicted octanol–water partition coefficient (Wildman–Crippen LogP) is 1.44. The summed E-state index contributed by atoms with van der Waals surface area (Å²) in [6, 6.07) is 6.27. The van der Waals surface area contributed by atoms with E-state index in [0.717, 1.165) is 0 Å². The third kappa shape index (κ3) is 2.36. The molecule has 0 fully saturated rings. The van der Waals surface area contributed by atoms with Gasteiger partial charge in [0.15, 0.2) is 0 Å². The minimum absolute atomic E-state index is 0.212. The van der Waals surface area contributed by atoms with E-state index in [4.69, 9.17) is 10.3 Å². The fraction of sp³-hybridized carbons (Fsp3) is 0. The van der Waals surface area contributed by atoms with Gasteiger partial charge in [-0.15, -0.1) is 0 Å². The number of amides is 2. The predicted molar refractivity (Wildman–Crippen MR) is 62.6 cm³/mol. The number of carboxylic acid groups (broad SMARTS) is 1. The molecule has 1 heterocycles. The SMILES string of the molecule is O=C(O)Nc1ccc2cc(C(=O)NO)cnc2c1. The lowest BCUT2D eigenvalue weighted by Gasteiger charge is -2.04. The Morgan fingerprint density at radius 1 is 1.22 bits per heavy atom. The molecule has 0 aliphatic heterocycles. The van der Waals surface area contributed by atoms with Crippen LogP contribution < -0.4 is 10.8 Å². The van der Waals surface area contributed by atoms with Gasteiger partial charge >= 0.3 is 6.09 Å². The second kappa shape index (κ2) is 4.68. The Hall–Kier alpha value is -2.67. The van der Waals surface area contributed by atoms with Crippen LogP contribution in [0.25, 0.3) is 10.9 Å². The van der Waals surface area contributed by atoms with Crippen molar-refractivity contribution in [1.82, 2.24) is 10.5 Å². The van der Waals surface area contributed by atoms with Gasteiger partial charge in [0.2, 0.25) is 0 Å². The molecule has 2 rings (SSSR count). The van der Waals surface area contributed by atoms with Crippen LogP contribution in [0.4, 0.5) is 10.5 Å². The topological polar surface area (TPSA) is 112 Å². The molecule has 0 spiro atoms. The van der Waals surface area contributed by atoms with E-state index in [0.29, 0.717) is 16.6 Å². The Morgan fingerprint density at radius 2 is 2.00 bits per heavy atom. The Morgan fingerprint density at radius 3 is 2.67 bits per heavy atom. The van der Waals surface area contributed by atoms with Crippen molar-refractivity contribution < 1.29 is 19.9 Å². The van der Waals surface area contributed by atoms with E-state index in [9.17, 15) is 9.59 Å². The molecule has 1 aromatic carbocycles. The average molecular weight is 247 g/mol. The van der Waals surface area contributed by atoms with Crippen LogP contribution in [0.1, 0.15) is 10.4 Å². The van der Waals surface area contributed by atoms with Crippen LogP contribution in [0, 0.1) is 0 Å². The van der Waals surface area contributed by atoms with Crippen molar-refractivity contribution in [1.29, 1.82) is 0 Å². The van der Waals surface area contributed by atoms with Gasteiger partial charge in [0, 0.05) is 17.3 Å². The first-order valence-electron chi connectivity index (χ1n) is 4.94. The number of hydroxylamine groups is 1. The van der Waals surface area contributed by atoms with Gasteiger partial charge in [-0.05, 0) is 18.2 Å². The van der Waals surface area contributed by atoms with Gasteiger partial charge in [0.25, 0.3) is 5.91 Å². The van der Waals surface area contributed by atoms with Gasteiger partial charge in [-0.1, -0.05) is 6.07 Å². The van der Waals surface area contributed by atoms with Crippen molar-refractivity contribution in [2.45, 2.75) is 0 Å². The summed E-state index contributed by atoms with van der Waals surface area (Å²) in [5.41, 5.74) is 2.65. The minimum Gasteiger partial charge on any atom is -0.465 e. The zero-order valence-corrected chi connectivity index (χ0v) is 9.04. The van der Waals surface area contributed by atoms with Crippen LogP contribution in [-0.2, 0) is 0 Å². The molecule has 0 radical (unpaired) electrons. The summed E-state index contributed by atoms with van der Waals surface area (Å²) in [6.45, 7) is 0. The summed E-state index contributed by atoms with van der Waals surface area (Å²) in [4.78, 5) is 25.7. The van der Waals surface area contributed by atoms with Crippen LogP contribution in [0.15, 0.2) is 30.5 Å². The van der Waals surface area contributed by atoms with Gasteiger partial charge in [-0.2, -0.15) is 0 Å². The first-order valence-corrected chi connectivity index (χ1v) is 4.94. The van der Waals surface area contributed by atoms with Crippen molar-refractivity contribution >= 4 is 28.6 Å². The minimum atomic E-state index is -1.16. The Labute approximate surface area is 101 Å². The van der Waals surface area contributed by atoms with Gasteiger partial charge in [-0.3, -0.25) is 20.3 Å². The lowest BCUT2D eigenvalue weighted by molar-refractivity contribution is 0.0706. The highest BCUT2D eigenvalue weighted by atomic mass is 16.5. The number of hydrogen-bond donors (Lipinski definition) is 4. The Balaban J connectivity index is 2.41. The molecule has 0 aliphatic carbocycles. The van der Waals surface area contributed by atoms with Gasteiger partial charge in [-0.25, -0.2) is 10.3 Å². The third-order valence-electron chi connectivity index (χ3n) is 2.30. The number of hydrogen-bond acceptors (Lipinski definition) is 4. The van der Waals surface area contributed by atoms with Gasteiger partial charge in [0.05, 0.1) is 11.1 Å². The quantitative estimate of drug-likeness (QED) is 0.474. The summed E-state index contributed by atoms with van der Waals surface area (Å²) in [7, 11) is 0. The van der Waals surface area contributed by atoms with Crippen LogP contribution >= 0.6 is 0 Å². The molecule has 4 N–H and O–H groups in total. The lowest BCUT2D eigenvalue weighted by atomic mass is 10.1. The maximum absolute atomic E-state index is 11.2. The number of carbonyl (C=O) groups is 2. The highest BCUT2D eigenvalue weighted by molar-refractivity contribution is 5.97. The molecule has 7 nitrogen and oxygen atoms in total. The zero-order valence-electron chi connectivity index (χ0n) is 9.04. The van der Waals surface area contributed by atoms with Crippen molar-refractivity contribution in [2.24, 2.45) is 0 Å². The lowest BCUT2D eigenvalue weighted by Crippen LogP contribution is -2.18. The fourth-order valence-corrected chi connectivity index (χ4v) is 1.51. The largest absolute Gasteiger partial charge is 0.465 e. The Kier molecular flexibility index (Phi) is 3.07. The number of carbonyl (C=O) groups excluding carboxylic acids is 1. The van der Waals surface area contributed by atoms with Crippen LogP contribution in [-0.4, -0.2) is 27.3 Å². The highest BCUT2D eigenvalue weighted by Gasteiger charge is 2.06. The van der Waals surface area contributed by atoms with Crippen LogP contribution in [0.3, 0.4) is 0 Å². The maximum Gasteiger partial charge on any atom is 0.409 e. The number of nitrogens with one attached hydrogen (secondary N) is 2. The van der Waals surface area contributed by atoms with Crippen LogP contribution in [0.2, 0.25) is 0 Å². The molecular formula is C11H9N3O4. The summed E-state index contributed by atoms with van der Waals surface area (Å²) < 4.78 is 0. The molecule has 0 atom stereocenters. The monoisotopic (exact) mass is 247 g/mol. The molecule has 0 aliphatic rings. The molecule has 0 saturated carbocycles. The van der Waals surface area contributed by atoms with E-state index in [-0.39, 0.29) is 5.56 Å². The maximum atomic E-state index is 11.2. The second-order valence-electron chi connectivity index (χ2n) is 3.50. The standard InChI is InChI=1S/C11H9N3O4/c15-10(14-18)7-3-6-1-2-8(13-11(16)17)4-9(6)12-5-7/h1-5,13,18H,(H,14,15)(H,16,17). The summed E-state index contributed by atoms with van der Waals surface area (Å²) in [5, 5.41) is 19.9. The van der Waals surface area contributed by atoms with E-state index >= 15 is 0 Å². The smallest absolute Gasteiger partial charge is 0.409 e. The van der Waals surface area contributed by atoms with E-state index in [1.54, 1.807) is 24.3 Å². The Bertz CT molecular complexity index is 627. The fourth-order valence-electron chi connectivity index (χ4n) is 1.51. The molecular weight excluding hydrogens is 238 g/mol. The van der Waals surface area contributed by atoms with E-state index in [2.05, 4.69) is 10.3 Å². The third-order valence-corrected chi connectivity index (χ3v) is 2.30. The summed E-state index contributed by atoms with van der Waals surface area (Å²) in [6.07, 6.45) is 0.129. The molecule has 1 aromatic heterocycles. The van der Waals surface area contributed by atoms with Crippen molar-refractivity contribution in [3.63, 3.8) is 0 Å². The van der Waals surface area contributed by atoms with Crippen molar-refractivity contribution in [3.05, 3.63) is 36.0 Å². The first kappa shape index (κ1) is 11.8. The number of nitrogens with zero attached hydrogens (tertiary/aromatic N) is 1. The van der Waals surface area contributed by atoms with Gasteiger partial charge in [0.1, 0.15) is 0 Å². The number of rotatable bonds is 2. The van der Waals surface area contributed by atoms with Gasteiger partial charge < -0.3 is 5.11 Å². The average Bonchev–Trinajstić information content (AvgIpc) is 2.36. The normalized spacial score (nSPS) is 10.1. The van der Waals surface area contributed by atoms with E-state index in [1.165, 1.54) is 11.7 Å². The molecule has 2 amide bonds. The first-order chi connectivity index (χ1) is 8.60. The summed E-state index contributed by atoms with van der Waals surface area (Å²) in [5.74, 6) is -0.655. The second-order valence-corrected chi connectivity index (χ2v) is 3.50. The number of aromatic nitrogens is 1. The number of pyridine rings is 1. The summed E-state index contributed by atoms with van der Waals surface area (Å²) >= 11 is 0. The van der Waals surface area contributed by atoms with Crippen molar-refractivity contribution in [2.75, 3.05) is 5.32 Å². The molecule has 0 saturated heterocycles. The molecule has 2 aromatic rings. The molecule has 92 valence electrons. The number of anilines is 1. The van der Waals surface area contributed by atoms with Crippen LogP contribution in [0.5, 0.6) is 0 Å².